The highest BCUT2D eigenvalue weighted by atomic mass is 16.7. The van der Waals surface area contributed by atoms with Crippen molar-refractivity contribution >= 4 is 5.91 Å². The van der Waals surface area contributed by atoms with Crippen LogP contribution in [0.3, 0.4) is 0 Å². The number of carbonyl (C=O) groups is 1. The van der Waals surface area contributed by atoms with Gasteiger partial charge in [0.1, 0.15) is 0 Å². The van der Waals surface area contributed by atoms with Crippen LogP contribution >= 0.6 is 0 Å². The average Bonchev–Trinajstić information content (AvgIpc) is 3.50. The molecule has 176 valence electrons. The van der Waals surface area contributed by atoms with Crippen molar-refractivity contribution in [3.63, 3.8) is 0 Å². The molecule has 2 heterocycles. The molecular weight excluding hydrogens is 424 g/mol. The summed E-state index contributed by atoms with van der Waals surface area (Å²) in [6.45, 7) is 1.09. The number of benzene rings is 2. The quantitative estimate of drug-likeness (QED) is 0.525. The van der Waals surface area contributed by atoms with Crippen molar-refractivity contribution in [1.29, 1.82) is 0 Å². The molecular formula is C29H32N2O3. The number of fused-ring (bicyclic) bond motifs is 4. The van der Waals surface area contributed by atoms with E-state index >= 15 is 0 Å². The van der Waals surface area contributed by atoms with E-state index in [1.807, 2.05) is 6.07 Å². The van der Waals surface area contributed by atoms with E-state index in [-0.39, 0.29) is 12.7 Å². The molecule has 1 N–H and O–H groups in total. The van der Waals surface area contributed by atoms with Crippen LogP contribution in [0, 0.1) is 5.92 Å². The first-order valence-electron chi connectivity index (χ1n) is 12.7. The minimum Gasteiger partial charge on any atom is -0.454 e. The van der Waals surface area contributed by atoms with Gasteiger partial charge in [-0.15, -0.1) is 0 Å². The van der Waals surface area contributed by atoms with Crippen LogP contribution in [0.1, 0.15) is 55.3 Å². The van der Waals surface area contributed by atoms with E-state index < -0.39 is 0 Å². The lowest BCUT2D eigenvalue weighted by atomic mass is 9.89. The fraction of sp³-hybridized carbons (Fsp3) is 0.414. The van der Waals surface area contributed by atoms with Crippen molar-refractivity contribution in [2.24, 2.45) is 5.92 Å². The van der Waals surface area contributed by atoms with E-state index in [9.17, 15) is 4.79 Å². The zero-order chi connectivity index (χ0) is 22.9. The number of carbonyl (C=O) groups excluding carboxylic acids is 1. The summed E-state index contributed by atoms with van der Waals surface area (Å²) in [7, 11) is 0. The summed E-state index contributed by atoms with van der Waals surface area (Å²) < 4.78 is 13.6. The number of nitrogens with zero attached hydrogens (tertiary/aromatic N) is 1. The minimum atomic E-state index is 0.155. The summed E-state index contributed by atoms with van der Waals surface area (Å²) >= 11 is 0. The lowest BCUT2D eigenvalue weighted by Gasteiger charge is -2.22. The molecule has 5 heteroatoms. The van der Waals surface area contributed by atoms with Gasteiger partial charge in [0.2, 0.25) is 12.7 Å². The Morgan fingerprint density at radius 2 is 1.76 bits per heavy atom. The van der Waals surface area contributed by atoms with Gasteiger partial charge < -0.3 is 19.4 Å². The highest BCUT2D eigenvalue weighted by Crippen LogP contribution is 2.40. The van der Waals surface area contributed by atoms with Crippen LogP contribution in [0.15, 0.2) is 48.5 Å². The van der Waals surface area contributed by atoms with Crippen LogP contribution in [0.5, 0.6) is 11.5 Å². The normalized spacial score (nSPS) is 16.7. The van der Waals surface area contributed by atoms with E-state index in [4.69, 9.17) is 9.47 Å². The number of nitrogens with one attached hydrogen (secondary N) is 1. The first-order chi connectivity index (χ1) is 16.8. The molecule has 0 spiro atoms. The highest BCUT2D eigenvalue weighted by molar-refractivity contribution is 5.77. The van der Waals surface area contributed by atoms with E-state index in [1.165, 1.54) is 60.2 Å². The Bertz CT molecular complexity index is 1210. The molecule has 1 aliphatic heterocycles. The van der Waals surface area contributed by atoms with Crippen LogP contribution in [0.4, 0.5) is 0 Å². The van der Waals surface area contributed by atoms with Crippen LogP contribution in [-0.2, 0) is 24.1 Å². The average molecular weight is 457 g/mol. The third-order valence-corrected chi connectivity index (χ3v) is 7.63. The molecule has 5 nitrogen and oxygen atoms in total. The smallest absolute Gasteiger partial charge is 0.231 e. The van der Waals surface area contributed by atoms with Crippen molar-refractivity contribution < 1.29 is 14.3 Å². The molecule has 0 atom stereocenters. The molecule has 0 radical (unpaired) electrons. The van der Waals surface area contributed by atoms with E-state index in [2.05, 4.69) is 52.3 Å². The van der Waals surface area contributed by atoms with Crippen molar-refractivity contribution in [2.75, 3.05) is 13.3 Å². The second-order valence-corrected chi connectivity index (χ2v) is 9.85. The van der Waals surface area contributed by atoms with Gasteiger partial charge >= 0.3 is 0 Å². The molecule has 2 aromatic carbocycles. The van der Waals surface area contributed by atoms with Gasteiger partial charge in [-0.05, 0) is 67.3 Å². The van der Waals surface area contributed by atoms with Gasteiger partial charge in [0.15, 0.2) is 11.5 Å². The number of hydrogen-bond donors (Lipinski definition) is 1. The highest BCUT2D eigenvalue weighted by Gasteiger charge is 2.25. The Morgan fingerprint density at radius 1 is 0.941 bits per heavy atom. The fourth-order valence-electron chi connectivity index (χ4n) is 5.83. The SMILES string of the molecule is O=C(CCc1cc2c(n1-c1ccc3c(c1)OCO3)-c1ccccc1CC2)NCC1CCCCC1. The second-order valence-electron chi connectivity index (χ2n) is 9.85. The summed E-state index contributed by atoms with van der Waals surface area (Å²) in [5, 5.41) is 3.21. The Balaban J connectivity index is 1.29. The van der Waals surface area contributed by atoms with Gasteiger partial charge in [-0.25, -0.2) is 0 Å². The van der Waals surface area contributed by atoms with Crippen molar-refractivity contribution in [3.8, 4) is 28.4 Å². The molecule has 6 rings (SSSR count). The number of aromatic nitrogens is 1. The number of hydrogen-bond acceptors (Lipinski definition) is 3. The molecule has 3 aliphatic rings. The molecule has 34 heavy (non-hydrogen) atoms. The van der Waals surface area contributed by atoms with Crippen LogP contribution in [0.25, 0.3) is 16.9 Å². The molecule has 1 amide bonds. The van der Waals surface area contributed by atoms with Crippen LogP contribution in [-0.4, -0.2) is 23.8 Å². The molecule has 2 aliphatic carbocycles. The van der Waals surface area contributed by atoms with Crippen LogP contribution in [0.2, 0.25) is 0 Å². The maximum absolute atomic E-state index is 12.7. The number of aryl methyl sites for hydroxylation is 3. The second kappa shape index (κ2) is 9.21. The molecule has 0 bridgehead atoms. The van der Waals surface area contributed by atoms with Gasteiger partial charge in [0.25, 0.3) is 0 Å². The summed E-state index contributed by atoms with van der Waals surface area (Å²) in [4.78, 5) is 12.7. The Hall–Kier alpha value is -3.21. The Morgan fingerprint density at radius 3 is 2.68 bits per heavy atom. The lowest BCUT2D eigenvalue weighted by molar-refractivity contribution is -0.121. The monoisotopic (exact) mass is 456 g/mol. The number of amides is 1. The molecule has 1 aromatic heterocycles. The number of rotatable bonds is 6. The lowest BCUT2D eigenvalue weighted by Crippen LogP contribution is -2.30. The zero-order valence-electron chi connectivity index (χ0n) is 19.6. The van der Waals surface area contributed by atoms with Gasteiger partial charge in [-0.3, -0.25) is 4.79 Å². The maximum Gasteiger partial charge on any atom is 0.231 e. The molecule has 1 fully saturated rings. The summed E-state index contributed by atoms with van der Waals surface area (Å²) in [6, 6.07) is 17.1. The van der Waals surface area contributed by atoms with Gasteiger partial charge in [0, 0.05) is 36.0 Å². The van der Waals surface area contributed by atoms with Gasteiger partial charge in [-0.2, -0.15) is 0 Å². The molecule has 0 unspecified atom stereocenters. The third kappa shape index (κ3) is 4.08. The predicted molar refractivity (Wildman–Crippen MR) is 133 cm³/mol. The van der Waals surface area contributed by atoms with E-state index in [1.54, 1.807) is 0 Å². The molecule has 1 saturated carbocycles. The van der Waals surface area contributed by atoms with E-state index in [0.29, 0.717) is 18.8 Å². The zero-order valence-corrected chi connectivity index (χ0v) is 19.6. The Labute approximate surface area is 201 Å². The molecule has 0 saturated heterocycles. The topological polar surface area (TPSA) is 52.5 Å². The molecule has 3 aromatic rings. The van der Waals surface area contributed by atoms with Crippen molar-refractivity contribution in [3.05, 3.63) is 65.4 Å². The fourth-order valence-corrected chi connectivity index (χ4v) is 5.83. The number of ether oxygens (including phenoxy) is 2. The van der Waals surface area contributed by atoms with E-state index in [0.717, 1.165) is 36.6 Å². The summed E-state index contributed by atoms with van der Waals surface area (Å²) in [6.07, 6.45) is 9.73. The largest absolute Gasteiger partial charge is 0.454 e. The third-order valence-electron chi connectivity index (χ3n) is 7.63. The first-order valence-corrected chi connectivity index (χ1v) is 12.7. The predicted octanol–water partition coefficient (Wildman–Crippen LogP) is 5.60. The van der Waals surface area contributed by atoms with Crippen molar-refractivity contribution in [2.45, 2.75) is 57.8 Å². The summed E-state index contributed by atoms with van der Waals surface area (Å²) in [5.74, 6) is 2.37. The first kappa shape index (κ1) is 21.3. The summed E-state index contributed by atoms with van der Waals surface area (Å²) in [5.41, 5.74) is 7.50. The van der Waals surface area contributed by atoms with Gasteiger partial charge in [0.05, 0.1) is 5.69 Å². The Kier molecular flexibility index (Phi) is 5.78. The van der Waals surface area contributed by atoms with Crippen molar-refractivity contribution in [1.82, 2.24) is 9.88 Å². The minimum absolute atomic E-state index is 0.155. The van der Waals surface area contributed by atoms with Crippen LogP contribution < -0.4 is 14.8 Å². The standard InChI is InChI=1S/C29H32N2O3/c32-28(30-18-20-6-2-1-3-7-20)15-13-23-16-22-11-10-21-8-4-5-9-25(21)29(22)31(23)24-12-14-26-27(17-24)34-19-33-26/h4-5,8-9,12,14,16-17,20H,1-3,6-7,10-11,13,15,18-19H2,(H,30,32). The van der Waals surface area contributed by atoms with Gasteiger partial charge in [-0.1, -0.05) is 43.5 Å². The maximum atomic E-state index is 12.7.